The smallest absolute Gasteiger partial charge is 0.145 e. The van der Waals surface area contributed by atoms with Crippen LogP contribution in [-0.2, 0) is 0 Å². The van der Waals surface area contributed by atoms with Crippen molar-refractivity contribution in [3.8, 4) is 5.75 Å². The molecule has 1 aromatic heterocycles. The number of nitrogens with two attached hydrogens (primary N) is 1. The van der Waals surface area contributed by atoms with E-state index in [0.717, 1.165) is 11.3 Å². The Kier molecular flexibility index (Phi) is 2.53. The van der Waals surface area contributed by atoms with Gasteiger partial charge in [-0.15, -0.1) is 0 Å². The molecule has 5 nitrogen and oxygen atoms in total. The minimum absolute atomic E-state index is 0.271. The van der Waals surface area contributed by atoms with Crippen LogP contribution in [0.4, 0.5) is 0 Å². The van der Waals surface area contributed by atoms with E-state index in [4.69, 9.17) is 10.5 Å². The maximum absolute atomic E-state index is 6.05. The average molecular weight is 230 g/mol. The van der Waals surface area contributed by atoms with Gasteiger partial charge in [0, 0.05) is 0 Å². The molecule has 0 saturated heterocycles. The molecule has 0 radical (unpaired) electrons. The Morgan fingerprint density at radius 2 is 2.06 bits per heavy atom. The van der Waals surface area contributed by atoms with Crippen LogP contribution >= 0.6 is 0 Å². The van der Waals surface area contributed by atoms with Gasteiger partial charge in [-0.3, -0.25) is 5.10 Å². The number of hydrogen-bond donors (Lipinski definition) is 2. The second-order valence-electron chi connectivity index (χ2n) is 4.23. The first kappa shape index (κ1) is 10.3. The molecule has 1 aliphatic carbocycles. The molecule has 5 heteroatoms. The lowest BCUT2D eigenvalue weighted by atomic mass is 10.1. The second kappa shape index (κ2) is 4.18. The topological polar surface area (TPSA) is 76.8 Å². The number of aromatic nitrogens is 3. The van der Waals surface area contributed by atoms with Crippen molar-refractivity contribution in [1.82, 2.24) is 15.2 Å². The summed E-state index contributed by atoms with van der Waals surface area (Å²) in [6.07, 6.45) is 4.21. The summed E-state index contributed by atoms with van der Waals surface area (Å²) in [7, 11) is 0. The Labute approximate surface area is 99.0 Å². The van der Waals surface area contributed by atoms with Crippen LogP contribution in [0.1, 0.15) is 30.3 Å². The van der Waals surface area contributed by atoms with E-state index in [0.29, 0.717) is 11.9 Å². The number of nitrogens with zero attached hydrogens (tertiary/aromatic N) is 2. The Bertz CT molecular complexity index is 476. The maximum atomic E-state index is 6.05. The third-order valence-corrected chi connectivity index (χ3v) is 2.79. The van der Waals surface area contributed by atoms with E-state index < -0.39 is 0 Å². The molecule has 0 aliphatic heterocycles. The highest BCUT2D eigenvalue weighted by molar-refractivity contribution is 5.31. The first-order valence-electron chi connectivity index (χ1n) is 5.70. The van der Waals surface area contributed by atoms with Crippen molar-refractivity contribution in [3.63, 3.8) is 0 Å². The normalized spacial score (nSPS) is 16.8. The molecule has 1 unspecified atom stereocenters. The van der Waals surface area contributed by atoms with Crippen molar-refractivity contribution in [3.05, 3.63) is 42.0 Å². The molecule has 17 heavy (non-hydrogen) atoms. The summed E-state index contributed by atoms with van der Waals surface area (Å²) in [5.41, 5.74) is 7.04. The van der Waals surface area contributed by atoms with Gasteiger partial charge >= 0.3 is 0 Å². The van der Waals surface area contributed by atoms with Crippen molar-refractivity contribution < 1.29 is 4.74 Å². The molecule has 1 saturated carbocycles. The average Bonchev–Trinajstić information content (AvgIpc) is 3.00. The van der Waals surface area contributed by atoms with Gasteiger partial charge in [0.15, 0.2) is 0 Å². The van der Waals surface area contributed by atoms with E-state index >= 15 is 0 Å². The zero-order chi connectivity index (χ0) is 11.7. The van der Waals surface area contributed by atoms with Gasteiger partial charge in [-0.2, -0.15) is 5.10 Å². The lowest BCUT2D eigenvalue weighted by molar-refractivity contribution is 0.303. The van der Waals surface area contributed by atoms with E-state index in [1.807, 2.05) is 24.3 Å². The van der Waals surface area contributed by atoms with Gasteiger partial charge in [0.05, 0.1) is 12.1 Å². The fourth-order valence-electron chi connectivity index (χ4n) is 1.65. The maximum Gasteiger partial charge on any atom is 0.145 e. The Balaban J connectivity index is 1.74. The summed E-state index contributed by atoms with van der Waals surface area (Å²) < 4.78 is 5.67. The van der Waals surface area contributed by atoms with Crippen LogP contribution in [-0.4, -0.2) is 21.3 Å². The Morgan fingerprint density at radius 3 is 2.65 bits per heavy atom. The Hall–Kier alpha value is -1.88. The zero-order valence-electron chi connectivity index (χ0n) is 9.34. The van der Waals surface area contributed by atoms with E-state index in [-0.39, 0.29) is 6.04 Å². The third-order valence-electron chi connectivity index (χ3n) is 2.79. The number of ether oxygens (including phenoxy) is 1. The van der Waals surface area contributed by atoms with Crippen LogP contribution in [0.2, 0.25) is 0 Å². The quantitative estimate of drug-likeness (QED) is 0.832. The van der Waals surface area contributed by atoms with Crippen LogP contribution < -0.4 is 10.5 Å². The molecule has 3 rings (SSSR count). The highest BCUT2D eigenvalue weighted by Gasteiger charge is 2.23. The van der Waals surface area contributed by atoms with Crippen molar-refractivity contribution in [2.24, 2.45) is 5.73 Å². The van der Waals surface area contributed by atoms with Crippen LogP contribution in [0, 0.1) is 0 Å². The molecule has 1 heterocycles. The highest BCUT2D eigenvalue weighted by atomic mass is 16.5. The van der Waals surface area contributed by atoms with Crippen molar-refractivity contribution in [2.45, 2.75) is 25.0 Å². The number of nitrogens with one attached hydrogen (secondary N) is 1. The molecular formula is C12H14N4O. The molecule has 1 atom stereocenters. The predicted molar refractivity (Wildman–Crippen MR) is 62.5 cm³/mol. The molecule has 88 valence electrons. The lowest BCUT2D eigenvalue weighted by Gasteiger charge is -2.10. The van der Waals surface area contributed by atoms with Gasteiger partial charge in [-0.1, -0.05) is 12.1 Å². The molecule has 3 N–H and O–H groups in total. The number of hydrogen-bond acceptors (Lipinski definition) is 4. The van der Waals surface area contributed by atoms with Crippen LogP contribution in [0.15, 0.2) is 30.6 Å². The second-order valence-corrected chi connectivity index (χ2v) is 4.23. The number of aromatic amines is 1. The van der Waals surface area contributed by atoms with Crippen molar-refractivity contribution in [1.29, 1.82) is 0 Å². The van der Waals surface area contributed by atoms with Crippen LogP contribution in [0.3, 0.4) is 0 Å². The van der Waals surface area contributed by atoms with E-state index in [1.54, 1.807) is 0 Å². The molecule has 0 spiro atoms. The summed E-state index contributed by atoms with van der Waals surface area (Å²) >= 11 is 0. The van der Waals surface area contributed by atoms with Gasteiger partial charge in [-0.05, 0) is 30.5 Å². The van der Waals surface area contributed by atoms with E-state index in [2.05, 4.69) is 15.2 Å². The first-order chi connectivity index (χ1) is 8.33. The molecule has 0 amide bonds. The summed E-state index contributed by atoms with van der Waals surface area (Å²) in [5, 5.41) is 6.57. The number of H-pyrrole nitrogens is 1. The fraction of sp³-hybridized carbons (Fsp3) is 0.333. The minimum atomic E-state index is -0.271. The van der Waals surface area contributed by atoms with Crippen molar-refractivity contribution in [2.75, 3.05) is 0 Å². The summed E-state index contributed by atoms with van der Waals surface area (Å²) in [6.45, 7) is 0. The van der Waals surface area contributed by atoms with Gasteiger partial charge < -0.3 is 10.5 Å². The van der Waals surface area contributed by atoms with Crippen LogP contribution in [0.5, 0.6) is 5.75 Å². The monoisotopic (exact) mass is 230 g/mol. The minimum Gasteiger partial charge on any atom is -0.490 e. The molecule has 2 aromatic rings. The molecule has 0 bridgehead atoms. The SMILES string of the molecule is NC(c1ccc(OC2CC2)cc1)c1ncn[nH]1. The summed E-state index contributed by atoms with van der Waals surface area (Å²) in [6, 6.07) is 7.55. The Morgan fingerprint density at radius 1 is 1.29 bits per heavy atom. The summed E-state index contributed by atoms with van der Waals surface area (Å²) in [5.74, 6) is 1.57. The largest absolute Gasteiger partial charge is 0.490 e. The van der Waals surface area contributed by atoms with Crippen LogP contribution in [0.25, 0.3) is 0 Å². The molecule has 1 fully saturated rings. The lowest BCUT2D eigenvalue weighted by Crippen LogP contribution is -2.13. The van der Waals surface area contributed by atoms with E-state index in [1.165, 1.54) is 19.2 Å². The van der Waals surface area contributed by atoms with Gasteiger partial charge in [0.25, 0.3) is 0 Å². The summed E-state index contributed by atoms with van der Waals surface area (Å²) in [4.78, 5) is 4.05. The molecule has 1 aromatic carbocycles. The zero-order valence-corrected chi connectivity index (χ0v) is 9.34. The predicted octanol–water partition coefficient (Wildman–Crippen LogP) is 1.39. The number of rotatable bonds is 4. The standard InChI is InChI=1S/C12H14N4O/c13-11(12-14-7-15-16-12)8-1-3-9(4-2-8)17-10-5-6-10/h1-4,7,10-11H,5-6,13H2,(H,14,15,16). The molecule has 1 aliphatic rings. The van der Waals surface area contributed by atoms with Gasteiger partial charge in [0.2, 0.25) is 0 Å². The fourth-order valence-corrected chi connectivity index (χ4v) is 1.65. The first-order valence-corrected chi connectivity index (χ1v) is 5.70. The van der Waals surface area contributed by atoms with Crippen molar-refractivity contribution >= 4 is 0 Å². The highest BCUT2D eigenvalue weighted by Crippen LogP contribution is 2.27. The molecular weight excluding hydrogens is 216 g/mol. The number of benzene rings is 1. The van der Waals surface area contributed by atoms with Gasteiger partial charge in [0.1, 0.15) is 17.9 Å². The van der Waals surface area contributed by atoms with Gasteiger partial charge in [-0.25, -0.2) is 4.98 Å². The third kappa shape index (κ3) is 2.29. The van der Waals surface area contributed by atoms with E-state index in [9.17, 15) is 0 Å².